The van der Waals surface area contributed by atoms with E-state index >= 15 is 0 Å². The Kier molecular flexibility index (Phi) is 5.10. The van der Waals surface area contributed by atoms with E-state index in [1.807, 2.05) is 20.8 Å². The van der Waals surface area contributed by atoms with Crippen LogP contribution < -0.4 is 10.1 Å². The van der Waals surface area contributed by atoms with Crippen molar-refractivity contribution in [1.82, 2.24) is 5.32 Å². The molecule has 0 aromatic heterocycles. The van der Waals surface area contributed by atoms with Gasteiger partial charge in [0.2, 0.25) is 5.78 Å². The van der Waals surface area contributed by atoms with Gasteiger partial charge in [0.15, 0.2) is 0 Å². The highest BCUT2D eigenvalue weighted by Gasteiger charge is 2.11. The molecule has 0 aliphatic carbocycles. The third-order valence-electron chi connectivity index (χ3n) is 3.34. The topological polar surface area (TPSA) is 55.4 Å². The van der Waals surface area contributed by atoms with Gasteiger partial charge in [0.1, 0.15) is 5.75 Å². The Labute approximate surface area is 114 Å². The number of ether oxygens (including phenoxy) is 1. The van der Waals surface area contributed by atoms with Crippen molar-refractivity contribution < 1.29 is 14.3 Å². The van der Waals surface area contributed by atoms with Crippen molar-refractivity contribution in [3.05, 3.63) is 28.3 Å². The first-order valence-electron chi connectivity index (χ1n) is 6.31. The Balaban J connectivity index is 2.80. The van der Waals surface area contributed by atoms with Gasteiger partial charge in [0, 0.05) is 13.5 Å². The smallest absolute Gasteiger partial charge is 0.287 e. The first kappa shape index (κ1) is 15.2. The second-order valence-electron chi connectivity index (χ2n) is 4.70. The van der Waals surface area contributed by atoms with Crippen LogP contribution in [0.15, 0.2) is 6.07 Å². The molecule has 1 aromatic rings. The van der Waals surface area contributed by atoms with Gasteiger partial charge in [-0.15, -0.1) is 0 Å². The number of ketones is 1. The molecule has 1 rings (SSSR count). The summed E-state index contributed by atoms with van der Waals surface area (Å²) in [6.07, 6.45) is 0.705. The van der Waals surface area contributed by atoms with Gasteiger partial charge >= 0.3 is 0 Å². The molecular weight excluding hydrogens is 242 g/mol. The zero-order valence-electron chi connectivity index (χ0n) is 12.2. The van der Waals surface area contributed by atoms with E-state index in [2.05, 4.69) is 11.4 Å². The van der Waals surface area contributed by atoms with Crippen LogP contribution in [-0.4, -0.2) is 25.3 Å². The fraction of sp³-hybridized carbons (Fsp3) is 0.467. The molecule has 0 unspecified atom stereocenters. The molecule has 19 heavy (non-hydrogen) atoms. The lowest BCUT2D eigenvalue weighted by Crippen LogP contribution is -2.31. The zero-order valence-corrected chi connectivity index (χ0v) is 12.2. The van der Waals surface area contributed by atoms with E-state index in [1.165, 1.54) is 18.1 Å². The molecule has 0 atom stereocenters. The molecule has 1 N–H and O–H groups in total. The number of aryl methyl sites for hydroxylation is 1. The fourth-order valence-electron chi connectivity index (χ4n) is 2.15. The summed E-state index contributed by atoms with van der Waals surface area (Å²) < 4.78 is 5.37. The second-order valence-corrected chi connectivity index (χ2v) is 4.70. The molecule has 104 valence electrons. The lowest BCUT2D eigenvalue weighted by Gasteiger charge is -2.15. The van der Waals surface area contributed by atoms with Crippen LogP contribution in [0.4, 0.5) is 0 Å². The van der Waals surface area contributed by atoms with Gasteiger partial charge in [0.05, 0.1) is 7.11 Å². The van der Waals surface area contributed by atoms with E-state index in [0.29, 0.717) is 13.0 Å². The maximum Gasteiger partial charge on any atom is 0.287 e. The number of hydrogen-bond donors (Lipinski definition) is 1. The minimum Gasteiger partial charge on any atom is -0.496 e. The van der Waals surface area contributed by atoms with Gasteiger partial charge in [-0.25, -0.2) is 0 Å². The van der Waals surface area contributed by atoms with E-state index in [-0.39, 0.29) is 0 Å². The normalized spacial score (nSPS) is 10.2. The molecule has 4 heteroatoms. The van der Waals surface area contributed by atoms with Gasteiger partial charge in [-0.3, -0.25) is 9.59 Å². The van der Waals surface area contributed by atoms with Crippen molar-refractivity contribution in [1.29, 1.82) is 0 Å². The largest absolute Gasteiger partial charge is 0.496 e. The highest BCUT2D eigenvalue weighted by atomic mass is 16.5. The van der Waals surface area contributed by atoms with Gasteiger partial charge < -0.3 is 10.1 Å². The first-order valence-corrected chi connectivity index (χ1v) is 6.31. The number of amides is 1. The van der Waals surface area contributed by atoms with Crippen molar-refractivity contribution in [2.24, 2.45) is 0 Å². The predicted molar refractivity (Wildman–Crippen MR) is 74.6 cm³/mol. The van der Waals surface area contributed by atoms with Crippen LogP contribution >= 0.6 is 0 Å². The predicted octanol–water partition coefficient (Wildman–Crippen LogP) is 1.87. The summed E-state index contributed by atoms with van der Waals surface area (Å²) in [6, 6.07) is 2.07. The number of benzene rings is 1. The number of Topliss-reactive ketones (excluding diaryl/α,β-unsaturated/α-hetero) is 1. The summed E-state index contributed by atoms with van der Waals surface area (Å²) in [5.41, 5.74) is 4.54. The first-order chi connectivity index (χ1) is 8.88. The minimum absolute atomic E-state index is 0.459. The molecule has 0 spiro atoms. The maximum absolute atomic E-state index is 11.2. The summed E-state index contributed by atoms with van der Waals surface area (Å²) >= 11 is 0. The minimum atomic E-state index is -0.528. The number of carbonyl (C=O) groups is 2. The molecule has 0 fully saturated rings. The molecular formula is C15H21NO3. The fourth-order valence-corrected chi connectivity index (χ4v) is 2.15. The lowest BCUT2D eigenvalue weighted by atomic mass is 9.96. The number of hydrogen-bond acceptors (Lipinski definition) is 3. The monoisotopic (exact) mass is 263 g/mol. The van der Waals surface area contributed by atoms with E-state index in [4.69, 9.17) is 4.74 Å². The Hall–Kier alpha value is -1.84. The van der Waals surface area contributed by atoms with Crippen LogP contribution in [0.3, 0.4) is 0 Å². The van der Waals surface area contributed by atoms with Crippen LogP contribution in [0.2, 0.25) is 0 Å². The molecule has 1 aromatic carbocycles. The maximum atomic E-state index is 11.2. The summed E-state index contributed by atoms with van der Waals surface area (Å²) in [7, 11) is 1.67. The molecule has 0 saturated carbocycles. The molecule has 1 amide bonds. The Bertz CT molecular complexity index is 507. The summed E-state index contributed by atoms with van der Waals surface area (Å²) in [6.45, 7) is 7.80. The van der Waals surface area contributed by atoms with Crippen LogP contribution in [0.25, 0.3) is 0 Å². The standard InChI is InChI=1S/C15H21NO3/c1-9-8-13(6-7-16-15(18)12(4)17)10(2)11(3)14(9)19-5/h8H,6-7H2,1-5H3,(H,16,18). The lowest BCUT2D eigenvalue weighted by molar-refractivity contribution is -0.136. The molecule has 0 radical (unpaired) electrons. The highest BCUT2D eigenvalue weighted by molar-refractivity contribution is 6.35. The second kappa shape index (κ2) is 6.36. The third kappa shape index (κ3) is 3.56. The summed E-state index contributed by atoms with van der Waals surface area (Å²) in [5, 5.41) is 2.61. The number of carbonyl (C=O) groups excluding carboxylic acids is 2. The molecule has 0 saturated heterocycles. The van der Waals surface area contributed by atoms with Crippen molar-refractivity contribution in [3.8, 4) is 5.75 Å². The summed E-state index contributed by atoms with van der Waals surface area (Å²) in [5.74, 6) is -0.0764. The van der Waals surface area contributed by atoms with Crippen molar-refractivity contribution in [3.63, 3.8) is 0 Å². The van der Waals surface area contributed by atoms with Gasteiger partial charge in [0.25, 0.3) is 5.91 Å². The van der Waals surface area contributed by atoms with Gasteiger partial charge in [-0.2, -0.15) is 0 Å². The average Bonchev–Trinajstić information content (AvgIpc) is 2.35. The Morgan fingerprint density at radius 3 is 2.37 bits per heavy atom. The molecule has 0 aliphatic heterocycles. The third-order valence-corrected chi connectivity index (χ3v) is 3.34. The van der Waals surface area contributed by atoms with Crippen molar-refractivity contribution in [2.45, 2.75) is 34.1 Å². The van der Waals surface area contributed by atoms with E-state index in [0.717, 1.165) is 16.9 Å². The van der Waals surface area contributed by atoms with Crippen LogP contribution in [0.1, 0.15) is 29.2 Å². The van der Waals surface area contributed by atoms with Crippen LogP contribution in [0.5, 0.6) is 5.75 Å². The van der Waals surface area contributed by atoms with E-state index < -0.39 is 11.7 Å². The number of methoxy groups -OCH3 is 1. The quantitative estimate of drug-likeness (QED) is 0.825. The SMILES string of the molecule is COc1c(C)cc(CCNC(=O)C(C)=O)c(C)c1C. The van der Waals surface area contributed by atoms with Crippen molar-refractivity contribution >= 4 is 11.7 Å². The molecule has 0 bridgehead atoms. The Morgan fingerprint density at radius 1 is 1.21 bits per heavy atom. The van der Waals surface area contributed by atoms with Crippen LogP contribution in [0, 0.1) is 20.8 Å². The number of rotatable bonds is 5. The molecule has 4 nitrogen and oxygen atoms in total. The summed E-state index contributed by atoms with van der Waals surface area (Å²) in [4.78, 5) is 22.0. The number of nitrogens with one attached hydrogen (secondary N) is 1. The average molecular weight is 263 g/mol. The Morgan fingerprint density at radius 2 is 1.84 bits per heavy atom. The van der Waals surface area contributed by atoms with Crippen molar-refractivity contribution in [2.75, 3.05) is 13.7 Å². The molecule has 0 aliphatic rings. The highest BCUT2D eigenvalue weighted by Crippen LogP contribution is 2.28. The zero-order chi connectivity index (χ0) is 14.6. The van der Waals surface area contributed by atoms with E-state index in [1.54, 1.807) is 7.11 Å². The van der Waals surface area contributed by atoms with Gasteiger partial charge in [-0.1, -0.05) is 6.07 Å². The van der Waals surface area contributed by atoms with Gasteiger partial charge in [-0.05, 0) is 49.4 Å². The molecule has 0 heterocycles. The van der Waals surface area contributed by atoms with Crippen LogP contribution in [-0.2, 0) is 16.0 Å². The van der Waals surface area contributed by atoms with E-state index in [9.17, 15) is 9.59 Å².